The van der Waals surface area contributed by atoms with Gasteiger partial charge in [-0.25, -0.2) is 0 Å². The number of aromatic nitrogens is 2. The highest BCUT2D eigenvalue weighted by Crippen LogP contribution is 2.19. The van der Waals surface area contributed by atoms with Crippen LogP contribution in [0.4, 0.5) is 0 Å². The molecule has 1 amide bonds. The molecule has 0 saturated heterocycles. The van der Waals surface area contributed by atoms with Crippen LogP contribution in [0.2, 0.25) is 5.02 Å². The minimum Gasteiger partial charge on any atom is -0.350 e. The Morgan fingerprint density at radius 2 is 2.21 bits per heavy atom. The molecule has 98 valence electrons. The van der Waals surface area contributed by atoms with Gasteiger partial charge in [0.25, 0.3) is 0 Å². The molecule has 1 heterocycles. The van der Waals surface area contributed by atoms with Crippen LogP contribution in [0, 0.1) is 0 Å². The van der Waals surface area contributed by atoms with Gasteiger partial charge in [0.2, 0.25) is 5.91 Å². The van der Waals surface area contributed by atoms with Crippen LogP contribution in [-0.2, 0) is 4.79 Å². The molecule has 1 N–H and O–H groups in total. The number of carbonyl (C=O) groups is 1. The average Bonchev–Trinajstić information content (AvgIpc) is 2.94. The summed E-state index contributed by atoms with van der Waals surface area (Å²) in [4.78, 5) is 11.3. The number of benzene rings is 1. The SMILES string of the molecule is C=CC(=O)NC[C@H](c1ccc(Cl)cc1)n1cccn1. The third kappa shape index (κ3) is 3.45. The van der Waals surface area contributed by atoms with E-state index in [0.717, 1.165) is 5.56 Å². The summed E-state index contributed by atoms with van der Waals surface area (Å²) in [5.41, 5.74) is 1.03. The van der Waals surface area contributed by atoms with E-state index in [1.54, 1.807) is 10.9 Å². The van der Waals surface area contributed by atoms with Crippen LogP contribution in [0.15, 0.2) is 55.4 Å². The van der Waals surface area contributed by atoms with E-state index in [-0.39, 0.29) is 11.9 Å². The molecular weight excluding hydrogens is 262 g/mol. The van der Waals surface area contributed by atoms with Crippen molar-refractivity contribution in [1.29, 1.82) is 0 Å². The van der Waals surface area contributed by atoms with Gasteiger partial charge in [0.15, 0.2) is 0 Å². The first-order chi connectivity index (χ1) is 9.20. The van der Waals surface area contributed by atoms with Crippen molar-refractivity contribution in [3.05, 3.63) is 66.0 Å². The van der Waals surface area contributed by atoms with Crippen LogP contribution < -0.4 is 5.32 Å². The van der Waals surface area contributed by atoms with E-state index in [4.69, 9.17) is 11.6 Å². The van der Waals surface area contributed by atoms with Crippen molar-refractivity contribution in [2.24, 2.45) is 0 Å². The fourth-order valence-electron chi connectivity index (χ4n) is 1.78. The van der Waals surface area contributed by atoms with Crippen molar-refractivity contribution in [2.75, 3.05) is 6.54 Å². The molecule has 1 aromatic heterocycles. The summed E-state index contributed by atoms with van der Waals surface area (Å²) in [6.45, 7) is 3.87. The second-order valence-corrected chi connectivity index (χ2v) is 4.44. The smallest absolute Gasteiger partial charge is 0.243 e. The summed E-state index contributed by atoms with van der Waals surface area (Å²) in [6, 6.07) is 9.27. The lowest BCUT2D eigenvalue weighted by Crippen LogP contribution is -2.30. The number of nitrogens with zero attached hydrogens (tertiary/aromatic N) is 2. The van der Waals surface area contributed by atoms with E-state index in [2.05, 4.69) is 17.0 Å². The van der Waals surface area contributed by atoms with E-state index in [0.29, 0.717) is 11.6 Å². The lowest BCUT2D eigenvalue weighted by Gasteiger charge is -2.18. The predicted molar refractivity (Wildman–Crippen MR) is 75.0 cm³/mol. The molecule has 0 spiro atoms. The number of rotatable bonds is 5. The normalized spacial score (nSPS) is 11.8. The second kappa shape index (κ2) is 6.20. The Bertz CT molecular complexity index is 549. The molecule has 0 aliphatic carbocycles. The summed E-state index contributed by atoms with van der Waals surface area (Å²) < 4.78 is 1.80. The standard InChI is InChI=1S/C14H14ClN3O/c1-2-14(19)16-10-13(18-9-3-8-17-18)11-4-6-12(15)7-5-11/h2-9,13H,1,10H2,(H,16,19)/t13-/m1/s1. The maximum atomic E-state index is 11.3. The Hall–Kier alpha value is -2.07. The predicted octanol–water partition coefficient (Wildman–Crippen LogP) is 2.43. The molecule has 5 heteroatoms. The second-order valence-electron chi connectivity index (χ2n) is 4.00. The van der Waals surface area contributed by atoms with E-state index in [1.165, 1.54) is 6.08 Å². The summed E-state index contributed by atoms with van der Waals surface area (Å²) in [5, 5.41) is 7.69. The topological polar surface area (TPSA) is 46.9 Å². The minimum atomic E-state index is -0.203. The summed E-state index contributed by atoms with van der Waals surface area (Å²) in [6.07, 6.45) is 4.82. The minimum absolute atomic E-state index is 0.0730. The van der Waals surface area contributed by atoms with E-state index in [9.17, 15) is 4.79 Å². The van der Waals surface area contributed by atoms with Gasteiger partial charge in [-0.2, -0.15) is 5.10 Å². The van der Waals surface area contributed by atoms with Crippen molar-refractivity contribution in [3.63, 3.8) is 0 Å². The molecule has 0 aliphatic heterocycles. The zero-order chi connectivity index (χ0) is 13.7. The molecule has 4 nitrogen and oxygen atoms in total. The van der Waals surface area contributed by atoms with Crippen LogP contribution in [0.1, 0.15) is 11.6 Å². The Kier molecular flexibility index (Phi) is 4.36. The first-order valence-electron chi connectivity index (χ1n) is 5.85. The van der Waals surface area contributed by atoms with E-state index >= 15 is 0 Å². The fourth-order valence-corrected chi connectivity index (χ4v) is 1.91. The average molecular weight is 276 g/mol. The lowest BCUT2D eigenvalue weighted by molar-refractivity contribution is -0.116. The fraction of sp³-hybridized carbons (Fsp3) is 0.143. The molecular formula is C14H14ClN3O. The Labute approximate surface area is 116 Å². The molecule has 0 radical (unpaired) electrons. The van der Waals surface area contributed by atoms with Gasteiger partial charge in [-0.3, -0.25) is 9.48 Å². The molecule has 1 aromatic carbocycles. The molecule has 0 aliphatic rings. The van der Waals surface area contributed by atoms with E-state index < -0.39 is 0 Å². The monoisotopic (exact) mass is 275 g/mol. The van der Waals surface area contributed by atoms with Gasteiger partial charge in [-0.15, -0.1) is 0 Å². The van der Waals surface area contributed by atoms with Gasteiger partial charge in [0.05, 0.1) is 6.04 Å². The number of hydrogen-bond donors (Lipinski definition) is 1. The van der Waals surface area contributed by atoms with Crippen molar-refractivity contribution < 1.29 is 4.79 Å². The third-order valence-electron chi connectivity index (χ3n) is 2.75. The maximum Gasteiger partial charge on any atom is 0.243 e. The third-order valence-corrected chi connectivity index (χ3v) is 3.01. The molecule has 0 fully saturated rings. The maximum absolute atomic E-state index is 11.3. The molecule has 2 rings (SSSR count). The molecule has 0 bridgehead atoms. The molecule has 2 aromatic rings. The van der Waals surface area contributed by atoms with Crippen molar-refractivity contribution in [2.45, 2.75) is 6.04 Å². The van der Waals surface area contributed by atoms with Gasteiger partial charge < -0.3 is 5.32 Å². The zero-order valence-corrected chi connectivity index (χ0v) is 11.0. The largest absolute Gasteiger partial charge is 0.350 e. The van der Waals surface area contributed by atoms with Crippen LogP contribution in [0.25, 0.3) is 0 Å². The number of nitrogens with one attached hydrogen (secondary N) is 1. The number of halogens is 1. The van der Waals surface area contributed by atoms with Crippen molar-refractivity contribution >= 4 is 17.5 Å². The van der Waals surface area contributed by atoms with Crippen LogP contribution in [0.5, 0.6) is 0 Å². The van der Waals surface area contributed by atoms with Gasteiger partial charge in [-0.05, 0) is 29.8 Å². The molecule has 0 saturated carbocycles. The van der Waals surface area contributed by atoms with Crippen LogP contribution in [0.3, 0.4) is 0 Å². The zero-order valence-electron chi connectivity index (χ0n) is 10.3. The number of amides is 1. The summed E-state index contributed by atoms with van der Waals surface area (Å²) in [7, 11) is 0. The first-order valence-corrected chi connectivity index (χ1v) is 6.23. The summed E-state index contributed by atoms with van der Waals surface area (Å²) in [5.74, 6) is -0.203. The van der Waals surface area contributed by atoms with E-state index in [1.807, 2.05) is 36.5 Å². The van der Waals surface area contributed by atoms with Crippen LogP contribution >= 0.6 is 11.6 Å². The highest BCUT2D eigenvalue weighted by Gasteiger charge is 2.14. The number of hydrogen-bond acceptors (Lipinski definition) is 2. The summed E-state index contributed by atoms with van der Waals surface area (Å²) >= 11 is 5.89. The van der Waals surface area contributed by atoms with Gasteiger partial charge >= 0.3 is 0 Å². The number of carbonyl (C=O) groups excluding carboxylic acids is 1. The molecule has 0 unspecified atom stereocenters. The molecule has 19 heavy (non-hydrogen) atoms. The Balaban J connectivity index is 2.21. The van der Waals surface area contributed by atoms with Gasteiger partial charge in [0, 0.05) is 24.0 Å². The lowest BCUT2D eigenvalue weighted by atomic mass is 10.1. The quantitative estimate of drug-likeness (QED) is 0.852. The molecule has 1 atom stereocenters. The van der Waals surface area contributed by atoms with Gasteiger partial charge in [-0.1, -0.05) is 30.3 Å². The highest BCUT2D eigenvalue weighted by atomic mass is 35.5. The first kappa shape index (κ1) is 13.4. The van der Waals surface area contributed by atoms with Gasteiger partial charge in [0.1, 0.15) is 0 Å². The Morgan fingerprint density at radius 3 is 2.79 bits per heavy atom. The van der Waals surface area contributed by atoms with Crippen molar-refractivity contribution in [1.82, 2.24) is 15.1 Å². The highest BCUT2D eigenvalue weighted by molar-refractivity contribution is 6.30. The Morgan fingerprint density at radius 1 is 1.47 bits per heavy atom. The van der Waals surface area contributed by atoms with Crippen LogP contribution in [-0.4, -0.2) is 22.2 Å². The van der Waals surface area contributed by atoms with Crippen molar-refractivity contribution in [3.8, 4) is 0 Å².